The van der Waals surface area contributed by atoms with E-state index in [9.17, 15) is 14.4 Å². The number of amides is 4. The van der Waals surface area contributed by atoms with Crippen molar-refractivity contribution >= 4 is 61.5 Å². The van der Waals surface area contributed by atoms with Crippen molar-refractivity contribution in [2.75, 3.05) is 18.6 Å². The number of urea groups is 1. The number of nitrogens with zero attached hydrogens (tertiary/aromatic N) is 1. The fourth-order valence-electron chi connectivity index (χ4n) is 3.02. The lowest BCUT2D eigenvalue weighted by molar-refractivity contribution is -0.122. The van der Waals surface area contributed by atoms with Crippen LogP contribution in [0.15, 0.2) is 57.5 Å². The number of imide groups is 2. The molecule has 2 aromatic carbocycles. The molecule has 31 heavy (non-hydrogen) atoms. The van der Waals surface area contributed by atoms with Crippen molar-refractivity contribution in [1.29, 1.82) is 0 Å². The van der Waals surface area contributed by atoms with Gasteiger partial charge >= 0.3 is 6.03 Å². The minimum Gasteiger partial charge on any atom is -0.493 e. The Morgan fingerprint density at radius 3 is 2.55 bits per heavy atom. The molecule has 1 heterocycles. The largest absolute Gasteiger partial charge is 0.493 e. The van der Waals surface area contributed by atoms with Crippen LogP contribution in [0.25, 0.3) is 6.08 Å². The molecule has 4 amide bonds. The van der Waals surface area contributed by atoms with Crippen molar-refractivity contribution < 1.29 is 23.9 Å². The summed E-state index contributed by atoms with van der Waals surface area (Å²) in [4.78, 5) is 39.0. The molecule has 0 bridgehead atoms. The van der Waals surface area contributed by atoms with Crippen LogP contribution in [0, 0.1) is 6.92 Å². The van der Waals surface area contributed by atoms with Crippen LogP contribution in [-0.2, 0) is 9.59 Å². The molecule has 1 saturated heterocycles. The van der Waals surface area contributed by atoms with E-state index in [1.807, 2.05) is 0 Å². The highest BCUT2D eigenvalue weighted by Gasteiger charge is 2.37. The van der Waals surface area contributed by atoms with Gasteiger partial charge in [-0.2, -0.15) is 0 Å². The second-order valence-electron chi connectivity index (χ2n) is 6.52. The zero-order valence-electron chi connectivity index (χ0n) is 16.7. The van der Waals surface area contributed by atoms with Crippen LogP contribution >= 0.6 is 31.9 Å². The minimum atomic E-state index is -0.801. The van der Waals surface area contributed by atoms with E-state index in [1.54, 1.807) is 43.3 Å². The van der Waals surface area contributed by atoms with Gasteiger partial charge in [0.2, 0.25) is 0 Å². The van der Waals surface area contributed by atoms with Gasteiger partial charge in [0.05, 0.1) is 17.3 Å². The Morgan fingerprint density at radius 1 is 1.16 bits per heavy atom. The average molecular weight is 550 g/mol. The van der Waals surface area contributed by atoms with Crippen LogP contribution in [0.5, 0.6) is 11.5 Å². The fourth-order valence-corrected chi connectivity index (χ4v) is 4.07. The summed E-state index contributed by atoms with van der Waals surface area (Å²) < 4.78 is 12.3. The standard InChI is InChI=1S/C22H18Br2N2O5/c1-4-7-31-19-16(24)10-13(11-18(19)30-3)9-15-20(27)25-22(29)26(21(15)28)17-6-5-14(23)8-12(17)2/h4-6,8-11H,1,7H2,2-3H3,(H,25,27,29)/b15-9-. The number of carbonyl (C=O) groups is 3. The van der Waals surface area contributed by atoms with Gasteiger partial charge in [0.1, 0.15) is 12.2 Å². The van der Waals surface area contributed by atoms with Gasteiger partial charge in [-0.05, 0) is 70.4 Å². The van der Waals surface area contributed by atoms with Gasteiger partial charge in [0.15, 0.2) is 11.5 Å². The predicted octanol–water partition coefficient (Wildman–Crippen LogP) is 4.76. The van der Waals surface area contributed by atoms with Crippen LogP contribution in [0.3, 0.4) is 0 Å². The first-order valence-electron chi connectivity index (χ1n) is 9.05. The number of methoxy groups -OCH3 is 1. The van der Waals surface area contributed by atoms with E-state index in [0.717, 1.165) is 9.37 Å². The summed E-state index contributed by atoms with van der Waals surface area (Å²) in [5.41, 5.74) is 1.40. The highest BCUT2D eigenvalue weighted by atomic mass is 79.9. The molecule has 3 rings (SSSR count). The Morgan fingerprint density at radius 2 is 1.90 bits per heavy atom. The molecule has 1 fully saturated rings. The van der Waals surface area contributed by atoms with Gasteiger partial charge < -0.3 is 9.47 Å². The van der Waals surface area contributed by atoms with E-state index >= 15 is 0 Å². The third kappa shape index (κ3) is 4.72. The first-order valence-corrected chi connectivity index (χ1v) is 10.6. The second-order valence-corrected chi connectivity index (χ2v) is 8.29. The summed E-state index contributed by atoms with van der Waals surface area (Å²) in [5.74, 6) is -0.626. The van der Waals surface area contributed by atoms with E-state index in [2.05, 4.69) is 43.8 Å². The summed E-state index contributed by atoms with van der Waals surface area (Å²) in [6.45, 7) is 5.66. The number of benzene rings is 2. The van der Waals surface area contributed by atoms with Crippen molar-refractivity contribution in [2.45, 2.75) is 6.92 Å². The van der Waals surface area contributed by atoms with Crippen LogP contribution in [0.4, 0.5) is 10.5 Å². The minimum absolute atomic E-state index is 0.185. The molecule has 0 aliphatic carbocycles. The van der Waals surface area contributed by atoms with E-state index in [-0.39, 0.29) is 12.2 Å². The maximum Gasteiger partial charge on any atom is 0.335 e. The van der Waals surface area contributed by atoms with E-state index in [4.69, 9.17) is 9.47 Å². The van der Waals surface area contributed by atoms with Gasteiger partial charge in [0, 0.05) is 4.47 Å². The highest BCUT2D eigenvalue weighted by molar-refractivity contribution is 9.10. The maximum atomic E-state index is 13.1. The highest BCUT2D eigenvalue weighted by Crippen LogP contribution is 2.37. The Kier molecular flexibility index (Phi) is 6.97. The van der Waals surface area contributed by atoms with Crippen LogP contribution < -0.4 is 19.7 Å². The molecule has 160 valence electrons. The van der Waals surface area contributed by atoms with Crippen molar-refractivity contribution in [1.82, 2.24) is 5.32 Å². The number of carbonyl (C=O) groups excluding carboxylic acids is 3. The maximum absolute atomic E-state index is 13.1. The Hall–Kier alpha value is -2.91. The van der Waals surface area contributed by atoms with Gasteiger partial charge in [-0.15, -0.1) is 0 Å². The lowest BCUT2D eigenvalue weighted by Crippen LogP contribution is -2.54. The van der Waals surface area contributed by atoms with E-state index in [0.29, 0.717) is 32.8 Å². The Balaban J connectivity index is 2.04. The van der Waals surface area contributed by atoms with Gasteiger partial charge in [0.25, 0.3) is 11.8 Å². The lowest BCUT2D eigenvalue weighted by Gasteiger charge is -2.27. The summed E-state index contributed by atoms with van der Waals surface area (Å²) in [6, 6.07) is 7.63. The summed E-state index contributed by atoms with van der Waals surface area (Å²) in [7, 11) is 1.48. The topological polar surface area (TPSA) is 84.9 Å². The van der Waals surface area contributed by atoms with Crippen LogP contribution in [0.1, 0.15) is 11.1 Å². The van der Waals surface area contributed by atoms with Gasteiger partial charge in [-0.1, -0.05) is 28.6 Å². The molecule has 0 spiro atoms. The van der Waals surface area contributed by atoms with Crippen LogP contribution in [0.2, 0.25) is 0 Å². The van der Waals surface area contributed by atoms with E-state index in [1.165, 1.54) is 13.2 Å². The Labute approximate surface area is 196 Å². The van der Waals surface area contributed by atoms with Gasteiger partial charge in [-0.25, -0.2) is 9.69 Å². The number of halogens is 2. The molecule has 1 aliphatic heterocycles. The number of rotatable bonds is 6. The van der Waals surface area contributed by atoms with Gasteiger partial charge in [-0.3, -0.25) is 14.9 Å². The molecular weight excluding hydrogens is 532 g/mol. The molecule has 0 radical (unpaired) electrons. The molecule has 7 nitrogen and oxygen atoms in total. The predicted molar refractivity (Wildman–Crippen MR) is 124 cm³/mol. The number of barbiturate groups is 1. The normalized spacial score (nSPS) is 15.2. The number of ether oxygens (including phenoxy) is 2. The number of aryl methyl sites for hydroxylation is 1. The SMILES string of the molecule is C=CCOc1c(Br)cc(/C=C2/C(=O)NC(=O)N(c3ccc(Br)cc3C)C2=O)cc1OC. The van der Waals surface area contributed by atoms with Crippen molar-refractivity contribution in [3.8, 4) is 11.5 Å². The zero-order valence-corrected chi connectivity index (χ0v) is 19.9. The number of nitrogens with one attached hydrogen (secondary N) is 1. The Bertz CT molecular complexity index is 1130. The summed E-state index contributed by atoms with van der Waals surface area (Å²) in [6.07, 6.45) is 3.00. The smallest absolute Gasteiger partial charge is 0.335 e. The molecule has 2 aromatic rings. The molecule has 0 atom stereocenters. The molecular formula is C22H18Br2N2O5. The lowest BCUT2D eigenvalue weighted by atomic mass is 10.1. The first kappa shape index (κ1) is 22.8. The van der Waals surface area contributed by atoms with E-state index < -0.39 is 17.8 Å². The molecule has 0 unspecified atom stereocenters. The monoisotopic (exact) mass is 548 g/mol. The zero-order chi connectivity index (χ0) is 22.7. The van der Waals surface area contributed by atoms with Crippen LogP contribution in [-0.4, -0.2) is 31.6 Å². The average Bonchev–Trinajstić information content (AvgIpc) is 2.71. The van der Waals surface area contributed by atoms with Crippen molar-refractivity contribution in [2.24, 2.45) is 0 Å². The number of hydrogen-bond acceptors (Lipinski definition) is 5. The summed E-state index contributed by atoms with van der Waals surface area (Å²) in [5, 5.41) is 2.22. The first-order chi connectivity index (χ1) is 14.8. The third-order valence-electron chi connectivity index (χ3n) is 4.41. The number of hydrogen-bond donors (Lipinski definition) is 1. The molecule has 1 N–H and O–H groups in total. The molecule has 9 heteroatoms. The fraction of sp³-hybridized carbons (Fsp3) is 0.136. The van der Waals surface area contributed by atoms with Crippen molar-refractivity contribution in [3.63, 3.8) is 0 Å². The number of anilines is 1. The molecule has 0 aromatic heterocycles. The third-order valence-corrected chi connectivity index (χ3v) is 5.49. The summed E-state index contributed by atoms with van der Waals surface area (Å²) >= 11 is 6.77. The molecule has 1 aliphatic rings. The van der Waals surface area contributed by atoms with Crippen molar-refractivity contribution in [3.05, 3.63) is 68.6 Å². The molecule has 0 saturated carbocycles. The quantitative estimate of drug-likeness (QED) is 0.319. The second kappa shape index (κ2) is 9.49.